The average Bonchev–Trinajstić information content (AvgIpc) is 1.97. The second kappa shape index (κ2) is 5.66. The van der Waals surface area contributed by atoms with Crippen molar-refractivity contribution in [2.75, 3.05) is 13.2 Å². The van der Waals surface area contributed by atoms with E-state index in [1.54, 1.807) is 6.92 Å². The van der Waals surface area contributed by atoms with Crippen molar-refractivity contribution in [3.63, 3.8) is 0 Å². The summed E-state index contributed by atoms with van der Waals surface area (Å²) in [6.45, 7) is 1.47. The van der Waals surface area contributed by atoms with Crippen LogP contribution in [0.5, 0.6) is 0 Å². The summed E-state index contributed by atoms with van der Waals surface area (Å²) < 4.78 is 43.3. The van der Waals surface area contributed by atoms with Crippen molar-refractivity contribution >= 4 is 6.16 Å². The van der Waals surface area contributed by atoms with Crippen LogP contribution in [0.25, 0.3) is 0 Å². The molecule has 6 heteroatoms. The monoisotopic (exact) mass is 200 g/mol. The van der Waals surface area contributed by atoms with Gasteiger partial charge in [0.05, 0.1) is 13.2 Å². The quantitative estimate of drug-likeness (QED) is 0.516. The third kappa shape index (κ3) is 8.97. The van der Waals surface area contributed by atoms with Crippen molar-refractivity contribution in [1.29, 1.82) is 0 Å². The van der Waals surface area contributed by atoms with Gasteiger partial charge in [0.2, 0.25) is 0 Å². The zero-order valence-electron chi connectivity index (χ0n) is 7.19. The molecule has 0 aliphatic rings. The van der Waals surface area contributed by atoms with Crippen LogP contribution in [0, 0.1) is 0 Å². The van der Waals surface area contributed by atoms with Gasteiger partial charge in [0, 0.05) is 6.42 Å². The largest absolute Gasteiger partial charge is 0.508 e. The van der Waals surface area contributed by atoms with Gasteiger partial charge in [-0.05, 0) is 13.3 Å². The first-order valence-electron chi connectivity index (χ1n) is 3.82. The van der Waals surface area contributed by atoms with Crippen LogP contribution in [0.3, 0.4) is 0 Å². The number of carbonyl (C=O) groups excluding carboxylic acids is 1. The normalized spacial score (nSPS) is 11.1. The van der Waals surface area contributed by atoms with E-state index in [2.05, 4.69) is 9.47 Å². The molecule has 0 aromatic rings. The van der Waals surface area contributed by atoms with Gasteiger partial charge in [0.25, 0.3) is 0 Å². The first-order chi connectivity index (χ1) is 5.95. The molecule has 13 heavy (non-hydrogen) atoms. The number of ether oxygens (including phenoxy) is 2. The Balaban J connectivity index is 3.31. The summed E-state index contributed by atoms with van der Waals surface area (Å²) in [6, 6.07) is 0. The maximum absolute atomic E-state index is 11.6. The van der Waals surface area contributed by atoms with Gasteiger partial charge in [0.1, 0.15) is 0 Å². The van der Waals surface area contributed by atoms with Crippen molar-refractivity contribution in [3.8, 4) is 0 Å². The van der Waals surface area contributed by atoms with E-state index in [0.29, 0.717) is 0 Å². The van der Waals surface area contributed by atoms with Gasteiger partial charge < -0.3 is 9.47 Å². The maximum atomic E-state index is 11.6. The molecule has 78 valence electrons. The first-order valence-corrected chi connectivity index (χ1v) is 3.82. The Labute approximate surface area is 73.8 Å². The summed E-state index contributed by atoms with van der Waals surface area (Å²) in [5, 5.41) is 0. The van der Waals surface area contributed by atoms with Gasteiger partial charge in [-0.25, -0.2) is 4.79 Å². The molecule has 0 rings (SSSR count). The van der Waals surface area contributed by atoms with E-state index in [9.17, 15) is 18.0 Å². The van der Waals surface area contributed by atoms with E-state index in [4.69, 9.17) is 0 Å². The van der Waals surface area contributed by atoms with Crippen LogP contribution in [-0.2, 0) is 9.47 Å². The number of rotatable bonds is 4. The molecule has 0 bridgehead atoms. The highest BCUT2D eigenvalue weighted by molar-refractivity contribution is 5.59. The van der Waals surface area contributed by atoms with Gasteiger partial charge >= 0.3 is 12.3 Å². The lowest BCUT2D eigenvalue weighted by atomic mass is 10.3. The van der Waals surface area contributed by atoms with Gasteiger partial charge in [-0.15, -0.1) is 0 Å². The number of hydrogen-bond acceptors (Lipinski definition) is 3. The maximum Gasteiger partial charge on any atom is 0.508 e. The Morgan fingerprint density at radius 3 is 2.38 bits per heavy atom. The molecule has 0 aromatic carbocycles. The summed E-state index contributed by atoms with van der Waals surface area (Å²) in [6.07, 6.45) is -6.31. The van der Waals surface area contributed by atoms with E-state index in [0.717, 1.165) is 0 Å². The van der Waals surface area contributed by atoms with Crippen molar-refractivity contribution in [1.82, 2.24) is 0 Å². The molecule has 0 heterocycles. The van der Waals surface area contributed by atoms with Crippen molar-refractivity contribution in [2.45, 2.75) is 25.9 Å². The fourth-order valence-electron chi connectivity index (χ4n) is 0.588. The van der Waals surface area contributed by atoms with Crippen molar-refractivity contribution < 1.29 is 27.4 Å². The van der Waals surface area contributed by atoms with Gasteiger partial charge in [-0.3, -0.25) is 0 Å². The minimum absolute atomic E-state index is 0.151. The molecule has 0 saturated heterocycles. The van der Waals surface area contributed by atoms with Crippen LogP contribution in [0.4, 0.5) is 18.0 Å². The lowest BCUT2D eigenvalue weighted by molar-refractivity contribution is -0.137. The van der Waals surface area contributed by atoms with E-state index in [-0.39, 0.29) is 19.6 Å². The van der Waals surface area contributed by atoms with E-state index < -0.39 is 18.8 Å². The molecule has 0 saturated carbocycles. The minimum atomic E-state index is -4.20. The third-order valence-electron chi connectivity index (χ3n) is 1.09. The molecule has 0 spiro atoms. The van der Waals surface area contributed by atoms with E-state index >= 15 is 0 Å². The summed E-state index contributed by atoms with van der Waals surface area (Å²) in [5.41, 5.74) is 0. The zero-order valence-corrected chi connectivity index (χ0v) is 7.19. The lowest BCUT2D eigenvalue weighted by Gasteiger charge is -2.06. The third-order valence-corrected chi connectivity index (χ3v) is 1.09. The van der Waals surface area contributed by atoms with Gasteiger partial charge in [0.15, 0.2) is 0 Å². The molecule has 0 N–H and O–H groups in total. The standard InChI is InChI=1S/C7H11F3O3/c1-2-12-6(11)13-5-3-4-7(8,9)10/h2-5H2,1H3. The molecule has 0 aromatic heterocycles. The molecule has 3 nitrogen and oxygen atoms in total. The molecule has 0 unspecified atom stereocenters. The van der Waals surface area contributed by atoms with Crippen LogP contribution in [0.15, 0.2) is 0 Å². The molecule has 0 aliphatic carbocycles. The molecule has 0 amide bonds. The highest BCUT2D eigenvalue weighted by Gasteiger charge is 2.26. The Kier molecular flexibility index (Phi) is 5.25. The number of alkyl halides is 3. The van der Waals surface area contributed by atoms with Crippen LogP contribution >= 0.6 is 0 Å². The molecule has 0 radical (unpaired) electrons. The molecular weight excluding hydrogens is 189 g/mol. The Morgan fingerprint density at radius 2 is 1.92 bits per heavy atom. The van der Waals surface area contributed by atoms with Gasteiger partial charge in [-0.2, -0.15) is 13.2 Å². The number of halogens is 3. The average molecular weight is 200 g/mol. The minimum Gasteiger partial charge on any atom is -0.435 e. The van der Waals surface area contributed by atoms with Crippen LogP contribution in [0.1, 0.15) is 19.8 Å². The van der Waals surface area contributed by atoms with Crippen molar-refractivity contribution in [3.05, 3.63) is 0 Å². The number of hydrogen-bond donors (Lipinski definition) is 0. The zero-order chi connectivity index (χ0) is 10.3. The SMILES string of the molecule is CCOC(=O)OCCCC(F)(F)F. The predicted molar refractivity (Wildman–Crippen MR) is 38.3 cm³/mol. The smallest absolute Gasteiger partial charge is 0.435 e. The highest BCUT2D eigenvalue weighted by atomic mass is 19.4. The van der Waals surface area contributed by atoms with Crippen LogP contribution < -0.4 is 0 Å². The van der Waals surface area contributed by atoms with E-state index in [1.807, 2.05) is 0 Å². The fourth-order valence-corrected chi connectivity index (χ4v) is 0.588. The molecule has 0 fully saturated rings. The molecule has 0 atom stereocenters. The Morgan fingerprint density at radius 1 is 1.31 bits per heavy atom. The van der Waals surface area contributed by atoms with Gasteiger partial charge in [-0.1, -0.05) is 0 Å². The molecular formula is C7H11F3O3. The number of carbonyl (C=O) groups is 1. The summed E-state index contributed by atoms with van der Waals surface area (Å²) in [5.74, 6) is 0. The van der Waals surface area contributed by atoms with E-state index in [1.165, 1.54) is 0 Å². The Hall–Kier alpha value is -0.940. The highest BCUT2D eigenvalue weighted by Crippen LogP contribution is 2.20. The van der Waals surface area contributed by atoms with Crippen LogP contribution in [-0.4, -0.2) is 25.5 Å². The molecule has 0 aliphatic heterocycles. The predicted octanol–water partition coefficient (Wildman–Crippen LogP) is 2.50. The Bertz CT molecular complexity index is 156. The summed E-state index contributed by atoms with van der Waals surface area (Å²) in [7, 11) is 0. The lowest BCUT2D eigenvalue weighted by Crippen LogP contribution is -2.12. The topological polar surface area (TPSA) is 35.5 Å². The summed E-state index contributed by atoms with van der Waals surface area (Å²) >= 11 is 0. The summed E-state index contributed by atoms with van der Waals surface area (Å²) in [4.78, 5) is 10.4. The first kappa shape index (κ1) is 12.1. The van der Waals surface area contributed by atoms with Crippen LogP contribution in [0.2, 0.25) is 0 Å². The second-order valence-corrected chi connectivity index (χ2v) is 2.25. The fraction of sp³-hybridized carbons (Fsp3) is 0.857. The second-order valence-electron chi connectivity index (χ2n) is 2.25. The van der Waals surface area contributed by atoms with Crippen molar-refractivity contribution in [2.24, 2.45) is 0 Å².